The summed E-state index contributed by atoms with van der Waals surface area (Å²) < 4.78 is 0. The lowest BCUT2D eigenvalue weighted by molar-refractivity contribution is 0.0890. The predicted octanol–water partition coefficient (Wildman–Crippen LogP) is 2.43. The first-order valence-electron chi connectivity index (χ1n) is 8.72. The minimum Gasteiger partial charge on any atom is -0.314 e. The molecule has 0 aromatic carbocycles. The summed E-state index contributed by atoms with van der Waals surface area (Å²) in [6.45, 7) is 9.48. The fourth-order valence-corrected chi connectivity index (χ4v) is 4.04. The van der Waals surface area contributed by atoms with Gasteiger partial charge in [0, 0.05) is 31.7 Å². The van der Waals surface area contributed by atoms with Gasteiger partial charge in [0.2, 0.25) is 0 Å². The van der Waals surface area contributed by atoms with Crippen molar-refractivity contribution in [2.24, 2.45) is 11.8 Å². The predicted molar refractivity (Wildman–Crippen MR) is 87.1 cm³/mol. The number of piperazine rings is 1. The smallest absolute Gasteiger partial charge is 0.0235 e. The van der Waals surface area contributed by atoms with Crippen LogP contribution in [0.2, 0.25) is 0 Å². The molecule has 0 spiro atoms. The van der Waals surface area contributed by atoms with Crippen molar-refractivity contribution in [3.63, 3.8) is 0 Å². The lowest BCUT2D eigenvalue weighted by Gasteiger charge is -2.42. The average Bonchev–Trinajstić information content (AvgIpc) is 2.43. The first-order chi connectivity index (χ1) is 9.60. The van der Waals surface area contributed by atoms with E-state index in [1.54, 1.807) is 0 Å². The van der Waals surface area contributed by atoms with Crippen LogP contribution in [-0.4, -0.2) is 62.2 Å². The normalized spacial score (nSPS) is 35.1. The van der Waals surface area contributed by atoms with Crippen LogP contribution < -0.4 is 5.32 Å². The van der Waals surface area contributed by atoms with E-state index in [4.69, 9.17) is 0 Å². The summed E-state index contributed by atoms with van der Waals surface area (Å²) in [5, 5.41) is 3.80. The summed E-state index contributed by atoms with van der Waals surface area (Å²) >= 11 is 0. The molecule has 2 fully saturated rings. The highest BCUT2D eigenvalue weighted by atomic mass is 15.3. The highest BCUT2D eigenvalue weighted by Gasteiger charge is 2.30. The fraction of sp³-hybridized carbons (Fsp3) is 1.00. The topological polar surface area (TPSA) is 18.5 Å². The maximum Gasteiger partial charge on any atom is 0.0235 e. The highest BCUT2D eigenvalue weighted by molar-refractivity contribution is 4.88. The van der Waals surface area contributed by atoms with Gasteiger partial charge in [-0.25, -0.2) is 0 Å². The molecule has 2 atom stereocenters. The van der Waals surface area contributed by atoms with Crippen molar-refractivity contribution in [3.05, 3.63) is 0 Å². The molecule has 0 amide bonds. The Labute approximate surface area is 126 Å². The van der Waals surface area contributed by atoms with Crippen molar-refractivity contribution in [3.8, 4) is 0 Å². The van der Waals surface area contributed by atoms with E-state index in [1.807, 2.05) is 0 Å². The van der Waals surface area contributed by atoms with Crippen LogP contribution in [0.25, 0.3) is 0 Å². The Morgan fingerprint density at radius 2 is 1.80 bits per heavy atom. The number of hydrogen-bond donors (Lipinski definition) is 1. The van der Waals surface area contributed by atoms with Crippen LogP contribution >= 0.6 is 0 Å². The molecule has 0 bridgehead atoms. The molecule has 3 heteroatoms. The molecule has 3 nitrogen and oxygen atoms in total. The number of hydrogen-bond acceptors (Lipinski definition) is 3. The minimum atomic E-state index is 0.728. The molecule has 1 heterocycles. The van der Waals surface area contributed by atoms with Crippen molar-refractivity contribution in [1.82, 2.24) is 15.1 Å². The Bertz CT molecular complexity index is 273. The molecule has 0 radical (unpaired) electrons. The summed E-state index contributed by atoms with van der Waals surface area (Å²) in [6.07, 6.45) is 7.07. The molecule has 2 rings (SSSR count). The molecule has 20 heavy (non-hydrogen) atoms. The maximum absolute atomic E-state index is 3.80. The molecule has 2 unspecified atom stereocenters. The van der Waals surface area contributed by atoms with Gasteiger partial charge < -0.3 is 15.1 Å². The highest BCUT2D eigenvalue weighted by Crippen LogP contribution is 2.32. The van der Waals surface area contributed by atoms with E-state index in [9.17, 15) is 0 Å². The number of rotatable bonds is 5. The molecule has 0 aromatic rings. The molecule has 1 aliphatic carbocycles. The third-order valence-corrected chi connectivity index (χ3v) is 5.60. The zero-order chi connectivity index (χ0) is 14.5. The van der Waals surface area contributed by atoms with Gasteiger partial charge in [-0.3, -0.25) is 0 Å². The van der Waals surface area contributed by atoms with Gasteiger partial charge in [0.15, 0.2) is 0 Å². The first-order valence-corrected chi connectivity index (χ1v) is 8.72. The van der Waals surface area contributed by atoms with Crippen LogP contribution in [0.15, 0.2) is 0 Å². The number of nitrogens with zero attached hydrogens (tertiary/aromatic N) is 2. The Balaban J connectivity index is 1.90. The van der Waals surface area contributed by atoms with Crippen LogP contribution in [0.5, 0.6) is 0 Å². The molecule has 0 aromatic heterocycles. The Morgan fingerprint density at radius 1 is 1.10 bits per heavy atom. The van der Waals surface area contributed by atoms with Gasteiger partial charge >= 0.3 is 0 Å². The fourth-order valence-electron chi connectivity index (χ4n) is 4.04. The quantitative estimate of drug-likeness (QED) is 0.835. The van der Waals surface area contributed by atoms with Crippen LogP contribution in [0, 0.1) is 11.8 Å². The molecule has 1 aliphatic heterocycles. The Kier molecular flexibility index (Phi) is 6.31. The lowest BCUT2D eigenvalue weighted by atomic mass is 9.77. The van der Waals surface area contributed by atoms with Crippen LogP contribution in [0.3, 0.4) is 0 Å². The second-order valence-corrected chi connectivity index (χ2v) is 7.32. The molecule has 1 saturated carbocycles. The summed E-state index contributed by atoms with van der Waals surface area (Å²) in [7, 11) is 4.58. The third-order valence-electron chi connectivity index (χ3n) is 5.60. The van der Waals surface area contributed by atoms with Gasteiger partial charge in [-0.05, 0) is 51.7 Å². The number of likely N-dealkylation sites (N-methyl/N-ethyl adjacent to an activating group) is 2. The van der Waals surface area contributed by atoms with E-state index in [2.05, 4.69) is 43.1 Å². The third kappa shape index (κ3) is 4.44. The van der Waals surface area contributed by atoms with Gasteiger partial charge in [0.1, 0.15) is 0 Å². The lowest BCUT2D eigenvalue weighted by Crippen LogP contribution is -2.53. The van der Waals surface area contributed by atoms with E-state index in [-0.39, 0.29) is 0 Å². The van der Waals surface area contributed by atoms with Gasteiger partial charge in [-0.15, -0.1) is 0 Å². The monoisotopic (exact) mass is 281 g/mol. The molecule has 118 valence electrons. The van der Waals surface area contributed by atoms with Gasteiger partial charge in [-0.2, -0.15) is 0 Å². The Morgan fingerprint density at radius 3 is 2.45 bits per heavy atom. The summed E-state index contributed by atoms with van der Waals surface area (Å²) in [5.41, 5.74) is 0. The first kappa shape index (κ1) is 16.3. The van der Waals surface area contributed by atoms with Crippen LogP contribution in [0.4, 0.5) is 0 Å². The second-order valence-electron chi connectivity index (χ2n) is 7.32. The van der Waals surface area contributed by atoms with E-state index in [0.717, 1.165) is 30.5 Å². The largest absolute Gasteiger partial charge is 0.314 e. The van der Waals surface area contributed by atoms with Gasteiger partial charge in [-0.1, -0.05) is 26.7 Å². The average molecular weight is 281 g/mol. The van der Waals surface area contributed by atoms with Crippen LogP contribution in [-0.2, 0) is 0 Å². The standard InChI is InChI=1S/C17H35N3/c1-5-18-17(15-8-6-14(2)7-9-15)12-16-13-19(3)10-11-20(16)4/h14-18H,5-13H2,1-4H3. The number of nitrogens with one attached hydrogen (secondary N) is 1. The van der Waals surface area contributed by atoms with Crippen molar-refractivity contribution in [2.75, 3.05) is 40.3 Å². The molecule has 2 aliphatic rings. The second kappa shape index (κ2) is 7.77. The molecule has 1 N–H and O–H groups in total. The van der Waals surface area contributed by atoms with Crippen LogP contribution in [0.1, 0.15) is 46.0 Å². The van der Waals surface area contributed by atoms with Crippen molar-refractivity contribution in [2.45, 2.75) is 58.0 Å². The maximum atomic E-state index is 3.80. The minimum absolute atomic E-state index is 0.728. The summed E-state index contributed by atoms with van der Waals surface area (Å²) in [4.78, 5) is 5.08. The van der Waals surface area contributed by atoms with Crippen molar-refractivity contribution >= 4 is 0 Å². The van der Waals surface area contributed by atoms with Crippen molar-refractivity contribution in [1.29, 1.82) is 0 Å². The zero-order valence-corrected chi connectivity index (χ0v) is 14.1. The molecule has 1 saturated heterocycles. The zero-order valence-electron chi connectivity index (χ0n) is 14.1. The van der Waals surface area contributed by atoms with Gasteiger partial charge in [0.25, 0.3) is 0 Å². The summed E-state index contributed by atoms with van der Waals surface area (Å²) in [5.74, 6) is 1.86. The molecular formula is C17H35N3. The van der Waals surface area contributed by atoms with E-state index in [0.29, 0.717) is 0 Å². The van der Waals surface area contributed by atoms with E-state index >= 15 is 0 Å². The Hall–Kier alpha value is -0.120. The van der Waals surface area contributed by atoms with Crippen molar-refractivity contribution < 1.29 is 0 Å². The molecular weight excluding hydrogens is 246 g/mol. The SMILES string of the molecule is CCNC(CC1CN(C)CCN1C)C1CCC(C)CC1. The summed E-state index contributed by atoms with van der Waals surface area (Å²) in [6, 6.07) is 1.46. The van der Waals surface area contributed by atoms with E-state index in [1.165, 1.54) is 51.7 Å². The van der Waals surface area contributed by atoms with Gasteiger partial charge in [0.05, 0.1) is 0 Å². The van der Waals surface area contributed by atoms with E-state index < -0.39 is 0 Å².